The summed E-state index contributed by atoms with van der Waals surface area (Å²) < 4.78 is 13.0. The Hall–Kier alpha value is -4.36. The molecule has 0 aliphatic carbocycles. The monoisotopic (exact) mass is 526 g/mol. The van der Waals surface area contributed by atoms with E-state index in [1.165, 1.54) is 16.7 Å². The third-order valence-corrected chi connectivity index (χ3v) is 9.05. The summed E-state index contributed by atoms with van der Waals surface area (Å²) >= 11 is 0. The van der Waals surface area contributed by atoms with E-state index in [1.807, 2.05) is 6.07 Å². The second-order valence-corrected chi connectivity index (χ2v) is 11.8. The lowest BCUT2D eigenvalue weighted by atomic mass is 9.35. The number of benzene rings is 4. The standard InChI is InChI=1S/C33H31BN4O2/c1-33(2)24-8-5-6-9-27(24)38(21-36(33)4)23-13-15-29-26(19-23)34-25-18-22(37-17-16-35(3)20-37)12-14-28(25)39-30-10-7-11-31(40-29)32(30)34/h5-19H,20-21H2,1-4H3. The highest BCUT2D eigenvalue weighted by Crippen LogP contribution is 2.43. The summed E-state index contributed by atoms with van der Waals surface area (Å²) in [5, 5.41) is 0. The average Bonchev–Trinajstić information content (AvgIpc) is 3.41. The van der Waals surface area contributed by atoms with Crippen LogP contribution in [-0.4, -0.2) is 43.9 Å². The minimum atomic E-state index is -0.0492. The molecule has 4 heterocycles. The molecular formula is C33H31BN4O2. The van der Waals surface area contributed by atoms with Gasteiger partial charge < -0.3 is 24.2 Å². The number of anilines is 3. The van der Waals surface area contributed by atoms with Gasteiger partial charge in [0.25, 0.3) is 6.71 Å². The molecule has 0 aromatic heterocycles. The smallest absolute Gasteiger partial charge is 0.260 e. The van der Waals surface area contributed by atoms with Crippen LogP contribution in [0.4, 0.5) is 17.1 Å². The van der Waals surface area contributed by atoms with Crippen molar-refractivity contribution in [3.05, 3.63) is 96.8 Å². The predicted octanol–water partition coefficient (Wildman–Crippen LogP) is 4.87. The molecule has 40 heavy (non-hydrogen) atoms. The van der Waals surface area contributed by atoms with Crippen LogP contribution in [-0.2, 0) is 5.54 Å². The highest BCUT2D eigenvalue weighted by atomic mass is 16.5. The van der Waals surface area contributed by atoms with E-state index in [0.29, 0.717) is 0 Å². The van der Waals surface area contributed by atoms with Crippen molar-refractivity contribution in [2.24, 2.45) is 0 Å². The number of ether oxygens (including phenoxy) is 2. The first kappa shape index (κ1) is 23.5. The molecule has 0 radical (unpaired) electrons. The lowest BCUT2D eigenvalue weighted by Gasteiger charge is -2.47. The van der Waals surface area contributed by atoms with Crippen LogP contribution >= 0.6 is 0 Å². The largest absolute Gasteiger partial charge is 0.458 e. The lowest BCUT2D eigenvalue weighted by Crippen LogP contribution is -2.57. The maximum Gasteiger partial charge on any atom is 0.260 e. The molecule has 0 bridgehead atoms. The molecule has 6 nitrogen and oxygen atoms in total. The van der Waals surface area contributed by atoms with Gasteiger partial charge in [-0.3, -0.25) is 4.90 Å². The maximum atomic E-state index is 6.51. The molecule has 0 fully saturated rings. The van der Waals surface area contributed by atoms with Crippen molar-refractivity contribution in [1.82, 2.24) is 9.80 Å². The van der Waals surface area contributed by atoms with Gasteiger partial charge in [-0.25, -0.2) is 0 Å². The molecule has 8 rings (SSSR count). The molecule has 0 spiro atoms. The molecule has 0 amide bonds. The van der Waals surface area contributed by atoms with Gasteiger partial charge in [0, 0.05) is 47.5 Å². The fraction of sp³-hybridized carbons (Fsp3) is 0.212. The number of para-hydroxylation sites is 1. The molecule has 4 aromatic carbocycles. The van der Waals surface area contributed by atoms with Gasteiger partial charge in [0.2, 0.25) is 0 Å². The summed E-state index contributed by atoms with van der Waals surface area (Å²) in [5.74, 6) is 3.53. The number of rotatable bonds is 2. The number of hydrogen-bond donors (Lipinski definition) is 0. The lowest BCUT2D eigenvalue weighted by molar-refractivity contribution is 0.150. The van der Waals surface area contributed by atoms with Crippen LogP contribution in [0, 0.1) is 0 Å². The first-order valence-corrected chi connectivity index (χ1v) is 13.9. The van der Waals surface area contributed by atoms with Crippen LogP contribution in [0.15, 0.2) is 91.3 Å². The summed E-state index contributed by atoms with van der Waals surface area (Å²) in [5.41, 5.74) is 8.28. The quantitative estimate of drug-likeness (QED) is 0.300. The molecule has 7 heteroatoms. The minimum absolute atomic E-state index is 0.0112. The van der Waals surface area contributed by atoms with E-state index < -0.39 is 0 Å². The van der Waals surface area contributed by atoms with E-state index in [-0.39, 0.29) is 12.3 Å². The molecule has 0 saturated heterocycles. The van der Waals surface area contributed by atoms with E-state index in [1.54, 1.807) is 0 Å². The topological polar surface area (TPSA) is 31.4 Å². The molecule has 4 aliphatic heterocycles. The average molecular weight is 526 g/mol. The summed E-state index contributed by atoms with van der Waals surface area (Å²) in [7, 11) is 4.29. The summed E-state index contributed by atoms with van der Waals surface area (Å²) in [6, 6.07) is 28.1. The Labute approximate surface area is 235 Å². The van der Waals surface area contributed by atoms with Crippen molar-refractivity contribution >= 4 is 40.2 Å². The van der Waals surface area contributed by atoms with Gasteiger partial charge >= 0.3 is 0 Å². The summed E-state index contributed by atoms with van der Waals surface area (Å²) in [6.07, 6.45) is 4.24. The number of nitrogens with zero attached hydrogens (tertiary/aromatic N) is 4. The van der Waals surface area contributed by atoms with Crippen molar-refractivity contribution in [2.75, 3.05) is 37.2 Å². The van der Waals surface area contributed by atoms with Crippen LogP contribution in [0.25, 0.3) is 0 Å². The van der Waals surface area contributed by atoms with E-state index in [4.69, 9.17) is 9.47 Å². The zero-order valence-corrected chi connectivity index (χ0v) is 23.3. The van der Waals surface area contributed by atoms with E-state index in [9.17, 15) is 0 Å². The van der Waals surface area contributed by atoms with Crippen molar-refractivity contribution in [1.29, 1.82) is 0 Å². The van der Waals surface area contributed by atoms with Crippen molar-refractivity contribution in [3.63, 3.8) is 0 Å². The van der Waals surface area contributed by atoms with Crippen LogP contribution in [0.5, 0.6) is 23.0 Å². The zero-order chi connectivity index (χ0) is 27.2. The van der Waals surface area contributed by atoms with E-state index >= 15 is 0 Å². The first-order valence-electron chi connectivity index (χ1n) is 13.9. The van der Waals surface area contributed by atoms with Crippen molar-refractivity contribution < 1.29 is 9.47 Å². The first-order chi connectivity index (χ1) is 19.4. The molecule has 4 aromatic rings. The number of hydrogen-bond acceptors (Lipinski definition) is 6. The predicted molar refractivity (Wildman–Crippen MR) is 163 cm³/mol. The summed E-state index contributed by atoms with van der Waals surface area (Å²) in [6.45, 7) is 6.23. The van der Waals surface area contributed by atoms with Gasteiger partial charge in [0.1, 0.15) is 23.0 Å². The van der Waals surface area contributed by atoms with Crippen LogP contribution in [0.1, 0.15) is 19.4 Å². The fourth-order valence-electron chi connectivity index (χ4n) is 6.57. The van der Waals surface area contributed by atoms with Gasteiger partial charge in [0.15, 0.2) is 0 Å². The second-order valence-electron chi connectivity index (χ2n) is 11.8. The maximum absolute atomic E-state index is 6.51. The Kier molecular flexibility index (Phi) is 4.89. The third kappa shape index (κ3) is 3.34. The second kappa shape index (κ2) is 8.32. The molecule has 0 unspecified atom stereocenters. The minimum Gasteiger partial charge on any atom is -0.458 e. The van der Waals surface area contributed by atoms with Crippen LogP contribution in [0.3, 0.4) is 0 Å². The van der Waals surface area contributed by atoms with E-state index in [2.05, 4.69) is 133 Å². The Morgan fingerprint density at radius 2 is 1.38 bits per heavy atom. The molecule has 0 saturated carbocycles. The summed E-state index contributed by atoms with van der Waals surface area (Å²) in [4.78, 5) is 9.27. The Balaban J connectivity index is 1.29. The van der Waals surface area contributed by atoms with Crippen LogP contribution in [0.2, 0.25) is 0 Å². The third-order valence-electron chi connectivity index (χ3n) is 9.05. The molecule has 198 valence electrons. The Morgan fingerprint density at radius 3 is 2.08 bits per heavy atom. The van der Waals surface area contributed by atoms with Gasteiger partial charge in [-0.2, -0.15) is 0 Å². The number of fused-ring (bicyclic) bond motifs is 5. The highest BCUT2D eigenvalue weighted by molar-refractivity contribution is 6.98. The van der Waals surface area contributed by atoms with Gasteiger partial charge in [-0.15, -0.1) is 0 Å². The van der Waals surface area contributed by atoms with Gasteiger partial charge in [-0.1, -0.05) is 24.3 Å². The van der Waals surface area contributed by atoms with Crippen LogP contribution < -0.4 is 35.7 Å². The van der Waals surface area contributed by atoms with E-state index in [0.717, 1.165) is 58.6 Å². The SMILES string of the molecule is CN1C=CN(c2ccc3c(c2)B2c4cc(N5CN(C)C(C)(C)c6ccccc65)ccc4Oc4cccc(c42)O3)C1. The molecule has 0 N–H and O–H groups in total. The zero-order valence-electron chi connectivity index (χ0n) is 23.3. The normalized spacial score (nSPS) is 18.0. The highest BCUT2D eigenvalue weighted by Gasteiger charge is 2.41. The van der Waals surface area contributed by atoms with Crippen molar-refractivity contribution in [2.45, 2.75) is 19.4 Å². The molecule has 4 aliphatic rings. The molecule has 0 atom stereocenters. The van der Waals surface area contributed by atoms with Gasteiger partial charge in [-0.05, 0) is 92.0 Å². The van der Waals surface area contributed by atoms with Crippen molar-refractivity contribution in [3.8, 4) is 23.0 Å². The van der Waals surface area contributed by atoms with Gasteiger partial charge in [0.05, 0.1) is 13.3 Å². The Morgan fingerprint density at radius 1 is 0.700 bits per heavy atom. The molecular weight excluding hydrogens is 495 g/mol. The fourth-order valence-corrected chi connectivity index (χ4v) is 6.57. The Bertz CT molecular complexity index is 1700.